The Morgan fingerprint density at radius 2 is 2.32 bits per heavy atom. The van der Waals surface area contributed by atoms with Crippen LogP contribution in [0.5, 0.6) is 0 Å². The first-order chi connectivity index (χ1) is 9.33. The largest absolute Gasteiger partial charge is 0.378 e. The standard InChI is InChI=1S/C16H17NO2/c18-16(8-7-14-4-2-10-19-14)13-6-5-12-3-1-9-17-15(12)11-13/h1,3,5-6,9,11,14H,2,4,7-8,10H2. The van der Waals surface area contributed by atoms with Gasteiger partial charge in [0, 0.05) is 30.2 Å². The molecule has 2 aromatic rings. The van der Waals surface area contributed by atoms with Crippen LogP contribution in [-0.2, 0) is 4.74 Å². The van der Waals surface area contributed by atoms with E-state index in [-0.39, 0.29) is 11.9 Å². The number of aromatic nitrogens is 1. The Morgan fingerprint density at radius 3 is 3.16 bits per heavy atom. The lowest BCUT2D eigenvalue weighted by Gasteiger charge is -2.08. The third-order valence-corrected chi connectivity index (χ3v) is 3.65. The van der Waals surface area contributed by atoms with Crippen LogP contribution in [0.3, 0.4) is 0 Å². The molecule has 1 aliphatic rings. The highest BCUT2D eigenvalue weighted by atomic mass is 16.5. The number of Topliss-reactive ketones (excluding diaryl/α,β-unsaturated/α-hetero) is 1. The molecule has 0 spiro atoms. The molecule has 1 saturated heterocycles. The number of fused-ring (bicyclic) bond motifs is 1. The average Bonchev–Trinajstić information content (AvgIpc) is 2.97. The fourth-order valence-corrected chi connectivity index (χ4v) is 2.55. The van der Waals surface area contributed by atoms with E-state index in [1.165, 1.54) is 0 Å². The van der Waals surface area contributed by atoms with Crippen molar-refractivity contribution in [1.29, 1.82) is 0 Å². The number of benzene rings is 1. The van der Waals surface area contributed by atoms with Gasteiger partial charge in [0.05, 0.1) is 11.6 Å². The lowest BCUT2D eigenvalue weighted by atomic mass is 10.0. The maximum atomic E-state index is 12.2. The van der Waals surface area contributed by atoms with Gasteiger partial charge in [-0.25, -0.2) is 0 Å². The van der Waals surface area contributed by atoms with Crippen molar-refractivity contribution >= 4 is 16.7 Å². The number of nitrogens with zero attached hydrogens (tertiary/aromatic N) is 1. The van der Waals surface area contributed by atoms with Crippen LogP contribution in [0, 0.1) is 0 Å². The molecule has 0 radical (unpaired) electrons. The van der Waals surface area contributed by atoms with Crippen LogP contribution >= 0.6 is 0 Å². The van der Waals surface area contributed by atoms with Crippen LogP contribution in [0.1, 0.15) is 36.0 Å². The number of rotatable bonds is 4. The Balaban J connectivity index is 1.70. The highest BCUT2D eigenvalue weighted by molar-refractivity contribution is 5.99. The molecule has 1 atom stereocenters. The molecule has 0 aliphatic carbocycles. The van der Waals surface area contributed by atoms with Crippen LogP contribution in [-0.4, -0.2) is 23.5 Å². The molecule has 0 saturated carbocycles. The predicted octanol–water partition coefficient (Wildman–Crippen LogP) is 3.38. The lowest BCUT2D eigenvalue weighted by Crippen LogP contribution is -2.08. The van der Waals surface area contributed by atoms with Gasteiger partial charge in [-0.1, -0.05) is 18.2 Å². The van der Waals surface area contributed by atoms with Crippen molar-refractivity contribution < 1.29 is 9.53 Å². The molecule has 1 aromatic carbocycles. The first-order valence-corrected chi connectivity index (χ1v) is 6.82. The minimum Gasteiger partial charge on any atom is -0.378 e. The molecular formula is C16H17NO2. The summed E-state index contributed by atoms with van der Waals surface area (Å²) in [6.07, 6.45) is 5.64. The zero-order chi connectivity index (χ0) is 13.1. The maximum absolute atomic E-state index is 12.2. The first kappa shape index (κ1) is 12.3. The van der Waals surface area contributed by atoms with E-state index in [4.69, 9.17) is 4.74 Å². The molecule has 1 aliphatic heterocycles. The normalized spacial score (nSPS) is 18.8. The number of pyridine rings is 1. The molecule has 3 heteroatoms. The second-order valence-corrected chi connectivity index (χ2v) is 5.01. The molecule has 1 fully saturated rings. The summed E-state index contributed by atoms with van der Waals surface area (Å²) in [6.45, 7) is 0.846. The van der Waals surface area contributed by atoms with Crippen molar-refractivity contribution in [2.24, 2.45) is 0 Å². The maximum Gasteiger partial charge on any atom is 0.163 e. The molecule has 0 amide bonds. The highest BCUT2D eigenvalue weighted by Crippen LogP contribution is 2.19. The van der Waals surface area contributed by atoms with E-state index in [0.717, 1.165) is 42.3 Å². The van der Waals surface area contributed by atoms with Crippen molar-refractivity contribution in [2.45, 2.75) is 31.8 Å². The summed E-state index contributed by atoms with van der Waals surface area (Å²) in [5, 5.41) is 1.07. The summed E-state index contributed by atoms with van der Waals surface area (Å²) >= 11 is 0. The fraction of sp³-hybridized carbons (Fsp3) is 0.375. The molecule has 1 aromatic heterocycles. The highest BCUT2D eigenvalue weighted by Gasteiger charge is 2.17. The molecule has 3 rings (SSSR count). The summed E-state index contributed by atoms with van der Waals surface area (Å²) in [4.78, 5) is 16.4. The second kappa shape index (κ2) is 5.49. The third kappa shape index (κ3) is 2.82. The SMILES string of the molecule is O=C(CCC1CCCO1)c1ccc2cccnc2c1. The first-order valence-electron chi connectivity index (χ1n) is 6.82. The summed E-state index contributed by atoms with van der Waals surface area (Å²) in [7, 11) is 0. The Morgan fingerprint density at radius 1 is 1.37 bits per heavy atom. The number of carbonyl (C=O) groups excluding carboxylic acids is 1. The number of ketones is 1. The lowest BCUT2D eigenvalue weighted by molar-refractivity contribution is 0.0859. The quantitative estimate of drug-likeness (QED) is 0.786. The van der Waals surface area contributed by atoms with Gasteiger partial charge in [0.2, 0.25) is 0 Å². The van der Waals surface area contributed by atoms with Crippen LogP contribution < -0.4 is 0 Å². The van der Waals surface area contributed by atoms with E-state index >= 15 is 0 Å². The van der Waals surface area contributed by atoms with Gasteiger partial charge in [0.15, 0.2) is 5.78 Å². The van der Waals surface area contributed by atoms with Crippen molar-refractivity contribution in [2.75, 3.05) is 6.61 Å². The van der Waals surface area contributed by atoms with Gasteiger partial charge in [-0.15, -0.1) is 0 Å². The van der Waals surface area contributed by atoms with Crippen LogP contribution in [0.15, 0.2) is 36.5 Å². The average molecular weight is 255 g/mol. The van der Waals surface area contributed by atoms with E-state index in [1.54, 1.807) is 6.20 Å². The van der Waals surface area contributed by atoms with Crippen molar-refractivity contribution in [3.63, 3.8) is 0 Å². The zero-order valence-corrected chi connectivity index (χ0v) is 10.8. The van der Waals surface area contributed by atoms with E-state index in [0.29, 0.717) is 6.42 Å². The van der Waals surface area contributed by atoms with Crippen molar-refractivity contribution in [3.05, 3.63) is 42.1 Å². The Hall–Kier alpha value is -1.74. The summed E-state index contributed by atoms with van der Waals surface area (Å²) in [5.74, 6) is 0.183. The molecule has 3 nitrogen and oxygen atoms in total. The van der Waals surface area contributed by atoms with Crippen LogP contribution in [0.2, 0.25) is 0 Å². The van der Waals surface area contributed by atoms with Crippen LogP contribution in [0.4, 0.5) is 0 Å². The van der Waals surface area contributed by atoms with E-state index in [9.17, 15) is 4.79 Å². The number of hydrogen-bond acceptors (Lipinski definition) is 3. The van der Waals surface area contributed by atoms with Gasteiger partial charge < -0.3 is 4.74 Å². The minimum atomic E-state index is 0.183. The van der Waals surface area contributed by atoms with Crippen molar-refractivity contribution in [3.8, 4) is 0 Å². The predicted molar refractivity (Wildman–Crippen MR) is 74.3 cm³/mol. The molecule has 0 N–H and O–H groups in total. The van der Waals surface area contributed by atoms with E-state index in [1.807, 2.05) is 30.3 Å². The Bertz CT molecular complexity index is 588. The van der Waals surface area contributed by atoms with Gasteiger partial charge in [0.1, 0.15) is 0 Å². The molecule has 0 bridgehead atoms. The summed E-state index contributed by atoms with van der Waals surface area (Å²) in [6, 6.07) is 9.64. The number of hydrogen-bond donors (Lipinski definition) is 0. The molecule has 2 heterocycles. The summed E-state index contributed by atoms with van der Waals surface area (Å²) < 4.78 is 5.54. The molecule has 19 heavy (non-hydrogen) atoms. The fourth-order valence-electron chi connectivity index (χ4n) is 2.55. The van der Waals surface area contributed by atoms with E-state index < -0.39 is 0 Å². The Kier molecular flexibility index (Phi) is 3.56. The summed E-state index contributed by atoms with van der Waals surface area (Å²) in [5.41, 5.74) is 1.63. The monoisotopic (exact) mass is 255 g/mol. The van der Waals surface area contributed by atoms with Crippen LogP contribution in [0.25, 0.3) is 10.9 Å². The minimum absolute atomic E-state index is 0.183. The number of ether oxygens (including phenoxy) is 1. The number of carbonyl (C=O) groups is 1. The third-order valence-electron chi connectivity index (χ3n) is 3.65. The van der Waals surface area contributed by atoms with Gasteiger partial charge in [-0.3, -0.25) is 9.78 Å². The second-order valence-electron chi connectivity index (χ2n) is 5.01. The van der Waals surface area contributed by atoms with Gasteiger partial charge in [0.25, 0.3) is 0 Å². The van der Waals surface area contributed by atoms with Gasteiger partial charge in [-0.2, -0.15) is 0 Å². The van der Waals surface area contributed by atoms with Gasteiger partial charge in [-0.05, 0) is 31.4 Å². The smallest absolute Gasteiger partial charge is 0.163 e. The molecular weight excluding hydrogens is 238 g/mol. The van der Waals surface area contributed by atoms with Gasteiger partial charge >= 0.3 is 0 Å². The molecule has 1 unspecified atom stereocenters. The molecule has 98 valence electrons. The van der Waals surface area contributed by atoms with Crippen molar-refractivity contribution in [1.82, 2.24) is 4.98 Å². The topological polar surface area (TPSA) is 39.2 Å². The Labute approximate surface area is 112 Å². The van der Waals surface area contributed by atoms with E-state index in [2.05, 4.69) is 4.98 Å². The zero-order valence-electron chi connectivity index (χ0n) is 10.8.